The molecule has 0 N–H and O–H groups in total. The van der Waals surface area contributed by atoms with Crippen LogP contribution >= 0.6 is 11.3 Å². The minimum absolute atomic E-state index is 0.108. The summed E-state index contributed by atoms with van der Waals surface area (Å²) in [6.45, 7) is 1.83. The Labute approximate surface area is 86.9 Å². The van der Waals surface area contributed by atoms with Gasteiger partial charge in [-0.2, -0.15) is 5.26 Å². The van der Waals surface area contributed by atoms with Crippen LogP contribution in [0.3, 0.4) is 0 Å². The standard InChI is InChI=1S/C10H11NO2S/c1-3-7(5-11)10(12)9-4-8(13-2)6-14-9/h4,6-7H,3H2,1-2H3. The number of thiophene rings is 1. The van der Waals surface area contributed by atoms with Crippen molar-refractivity contribution in [2.45, 2.75) is 13.3 Å². The Morgan fingerprint density at radius 2 is 2.50 bits per heavy atom. The summed E-state index contributed by atoms with van der Waals surface area (Å²) in [5.74, 6) is 0.0350. The van der Waals surface area contributed by atoms with Crippen LogP contribution in [-0.2, 0) is 0 Å². The first-order chi connectivity index (χ1) is 6.72. The highest BCUT2D eigenvalue weighted by Crippen LogP contribution is 2.24. The van der Waals surface area contributed by atoms with Gasteiger partial charge in [0.2, 0.25) is 0 Å². The molecule has 1 heterocycles. The number of methoxy groups -OCH3 is 1. The SMILES string of the molecule is CCC(C#N)C(=O)c1cc(OC)cs1. The Kier molecular flexibility index (Phi) is 3.66. The lowest BCUT2D eigenvalue weighted by Gasteiger charge is -2.00. The summed E-state index contributed by atoms with van der Waals surface area (Å²) >= 11 is 1.32. The molecule has 14 heavy (non-hydrogen) atoms. The van der Waals surface area contributed by atoms with E-state index in [1.165, 1.54) is 11.3 Å². The number of carbonyl (C=O) groups is 1. The van der Waals surface area contributed by atoms with Gasteiger partial charge in [0.25, 0.3) is 0 Å². The lowest BCUT2D eigenvalue weighted by Crippen LogP contribution is -2.10. The van der Waals surface area contributed by atoms with E-state index < -0.39 is 5.92 Å². The maximum atomic E-state index is 11.7. The van der Waals surface area contributed by atoms with Crippen molar-refractivity contribution >= 4 is 17.1 Å². The van der Waals surface area contributed by atoms with Crippen LogP contribution in [0.2, 0.25) is 0 Å². The van der Waals surface area contributed by atoms with Crippen molar-refractivity contribution in [1.29, 1.82) is 5.26 Å². The van der Waals surface area contributed by atoms with Crippen molar-refractivity contribution in [2.75, 3.05) is 7.11 Å². The van der Waals surface area contributed by atoms with Gasteiger partial charge in [-0.15, -0.1) is 11.3 Å². The fourth-order valence-corrected chi connectivity index (χ4v) is 1.91. The van der Waals surface area contributed by atoms with Gasteiger partial charge in [0.05, 0.1) is 18.1 Å². The zero-order valence-corrected chi connectivity index (χ0v) is 8.93. The van der Waals surface area contributed by atoms with Gasteiger partial charge >= 0.3 is 0 Å². The molecule has 0 fully saturated rings. The van der Waals surface area contributed by atoms with E-state index >= 15 is 0 Å². The zero-order valence-electron chi connectivity index (χ0n) is 8.11. The monoisotopic (exact) mass is 209 g/mol. The van der Waals surface area contributed by atoms with Crippen molar-refractivity contribution in [2.24, 2.45) is 5.92 Å². The van der Waals surface area contributed by atoms with Crippen LogP contribution in [-0.4, -0.2) is 12.9 Å². The van der Waals surface area contributed by atoms with E-state index in [2.05, 4.69) is 0 Å². The van der Waals surface area contributed by atoms with Gasteiger partial charge in [-0.25, -0.2) is 0 Å². The van der Waals surface area contributed by atoms with Crippen LogP contribution < -0.4 is 4.74 Å². The molecule has 4 heteroatoms. The molecular formula is C10H11NO2S. The van der Waals surface area contributed by atoms with Crippen LogP contribution in [0.4, 0.5) is 0 Å². The maximum Gasteiger partial charge on any atom is 0.190 e. The van der Waals surface area contributed by atoms with Gasteiger partial charge in [-0.1, -0.05) is 6.92 Å². The first-order valence-corrected chi connectivity index (χ1v) is 5.17. The molecule has 0 aliphatic heterocycles. The van der Waals surface area contributed by atoms with Crippen LogP contribution in [0.15, 0.2) is 11.4 Å². The first kappa shape index (κ1) is 10.7. The second kappa shape index (κ2) is 4.77. The Hall–Kier alpha value is -1.34. The van der Waals surface area contributed by atoms with Gasteiger partial charge in [0.1, 0.15) is 11.7 Å². The van der Waals surface area contributed by atoms with Crippen LogP contribution in [0.1, 0.15) is 23.0 Å². The average Bonchev–Trinajstić information content (AvgIpc) is 2.67. The molecule has 1 aromatic heterocycles. The Morgan fingerprint density at radius 3 is 2.93 bits per heavy atom. The molecule has 0 amide bonds. The van der Waals surface area contributed by atoms with Crippen molar-refractivity contribution in [3.05, 3.63) is 16.3 Å². The molecule has 1 unspecified atom stereocenters. The van der Waals surface area contributed by atoms with E-state index in [1.807, 2.05) is 13.0 Å². The summed E-state index contributed by atoms with van der Waals surface area (Å²) in [6, 6.07) is 3.67. The smallest absolute Gasteiger partial charge is 0.190 e. The molecule has 0 saturated carbocycles. The van der Waals surface area contributed by atoms with Crippen LogP contribution in [0.5, 0.6) is 5.75 Å². The van der Waals surface area contributed by atoms with Crippen LogP contribution in [0.25, 0.3) is 0 Å². The molecule has 0 saturated heterocycles. The van der Waals surface area contributed by atoms with Crippen molar-refractivity contribution < 1.29 is 9.53 Å². The fourth-order valence-electron chi connectivity index (χ4n) is 1.06. The topological polar surface area (TPSA) is 50.1 Å². The van der Waals surface area contributed by atoms with Crippen molar-refractivity contribution in [3.8, 4) is 11.8 Å². The molecule has 0 aliphatic rings. The van der Waals surface area contributed by atoms with Crippen molar-refractivity contribution in [3.63, 3.8) is 0 Å². The summed E-state index contributed by atoms with van der Waals surface area (Å²) < 4.78 is 4.97. The molecule has 0 aromatic carbocycles. The second-order valence-corrected chi connectivity index (χ2v) is 3.72. The minimum atomic E-state index is -0.529. The number of rotatable bonds is 4. The lowest BCUT2D eigenvalue weighted by molar-refractivity contribution is 0.0950. The summed E-state index contributed by atoms with van der Waals surface area (Å²) in [7, 11) is 1.55. The van der Waals surface area contributed by atoms with E-state index in [-0.39, 0.29) is 5.78 Å². The van der Waals surface area contributed by atoms with Gasteiger partial charge in [0, 0.05) is 11.4 Å². The zero-order chi connectivity index (χ0) is 10.6. The molecule has 1 rings (SSSR count). The van der Waals surface area contributed by atoms with E-state index in [4.69, 9.17) is 10.00 Å². The minimum Gasteiger partial charge on any atom is -0.496 e. The fraction of sp³-hybridized carbons (Fsp3) is 0.400. The van der Waals surface area contributed by atoms with E-state index in [1.54, 1.807) is 18.6 Å². The number of ether oxygens (including phenoxy) is 1. The number of hydrogen-bond acceptors (Lipinski definition) is 4. The largest absolute Gasteiger partial charge is 0.496 e. The first-order valence-electron chi connectivity index (χ1n) is 4.29. The molecule has 3 nitrogen and oxygen atoms in total. The molecular weight excluding hydrogens is 198 g/mol. The van der Waals surface area contributed by atoms with Gasteiger partial charge < -0.3 is 4.74 Å². The number of nitriles is 1. The third-order valence-corrected chi connectivity index (χ3v) is 2.86. The van der Waals surface area contributed by atoms with Crippen molar-refractivity contribution in [1.82, 2.24) is 0 Å². The Balaban J connectivity index is 2.84. The van der Waals surface area contributed by atoms with Gasteiger partial charge in [0.15, 0.2) is 5.78 Å². The number of nitrogens with zero attached hydrogens (tertiary/aromatic N) is 1. The lowest BCUT2D eigenvalue weighted by atomic mass is 10.0. The van der Waals surface area contributed by atoms with Gasteiger partial charge in [-0.3, -0.25) is 4.79 Å². The van der Waals surface area contributed by atoms with E-state index in [0.717, 1.165) is 0 Å². The molecule has 0 spiro atoms. The Morgan fingerprint density at radius 1 is 1.79 bits per heavy atom. The normalized spacial score (nSPS) is 11.8. The summed E-state index contributed by atoms with van der Waals surface area (Å²) in [4.78, 5) is 12.3. The van der Waals surface area contributed by atoms with E-state index in [9.17, 15) is 4.79 Å². The maximum absolute atomic E-state index is 11.7. The number of hydrogen-bond donors (Lipinski definition) is 0. The summed E-state index contributed by atoms with van der Waals surface area (Å²) in [5.41, 5.74) is 0. The number of ketones is 1. The molecule has 1 aromatic rings. The summed E-state index contributed by atoms with van der Waals surface area (Å²) in [6.07, 6.45) is 0.551. The van der Waals surface area contributed by atoms with E-state index in [0.29, 0.717) is 17.0 Å². The second-order valence-electron chi connectivity index (χ2n) is 2.80. The van der Waals surface area contributed by atoms with Crippen LogP contribution in [0, 0.1) is 17.2 Å². The highest BCUT2D eigenvalue weighted by atomic mass is 32.1. The number of carbonyl (C=O) groups excluding carboxylic acids is 1. The molecule has 0 bridgehead atoms. The molecule has 74 valence electrons. The summed E-state index contributed by atoms with van der Waals surface area (Å²) in [5, 5.41) is 10.5. The highest BCUT2D eigenvalue weighted by Gasteiger charge is 2.19. The predicted octanol–water partition coefficient (Wildman–Crippen LogP) is 2.49. The predicted molar refractivity (Wildman–Crippen MR) is 54.6 cm³/mol. The molecule has 0 aliphatic carbocycles. The third kappa shape index (κ3) is 2.12. The quantitative estimate of drug-likeness (QED) is 0.716. The highest BCUT2D eigenvalue weighted by molar-refractivity contribution is 7.12. The third-order valence-electron chi connectivity index (χ3n) is 1.93. The molecule has 0 radical (unpaired) electrons. The Bertz CT molecular complexity index is 364. The average molecular weight is 209 g/mol. The number of Topliss-reactive ketones (excluding diaryl/α,β-unsaturated/α-hetero) is 1. The molecule has 1 atom stereocenters. The van der Waals surface area contributed by atoms with Gasteiger partial charge in [-0.05, 0) is 6.42 Å².